The Kier molecular flexibility index (Phi) is 7.88. The maximum Gasteiger partial charge on any atom is 0.343 e. The number of nitrogens with two attached hydrogens (primary N) is 2. The van der Waals surface area contributed by atoms with Crippen LogP contribution in [0.2, 0.25) is 0 Å². The molecule has 4 N–H and O–H groups in total. The Morgan fingerprint density at radius 1 is 1.00 bits per heavy atom. The molecular weight excluding hydrogens is 420 g/mol. The lowest BCUT2D eigenvalue weighted by atomic mass is 10.1. The first-order chi connectivity index (χ1) is 15.2. The van der Waals surface area contributed by atoms with Gasteiger partial charge in [-0.25, -0.2) is 9.79 Å². The Morgan fingerprint density at radius 3 is 2.06 bits per heavy atom. The van der Waals surface area contributed by atoms with Gasteiger partial charge in [-0.2, -0.15) is 0 Å². The molecule has 0 saturated heterocycles. The van der Waals surface area contributed by atoms with Gasteiger partial charge in [0.1, 0.15) is 0 Å². The van der Waals surface area contributed by atoms with Crippen LogP contribution in [0, 0.1) is 27.2 Å². The number of hydrogen-bond donors (Lipinski definition) is 2. The Balaban J connectivity index is 0.000000520. The number of aryl methyl sites for hydroxylation is 1. The summed E-state index contributed by atoms with van der Waals surface area (Å²) in [5, 5.41) is 22.0. The van der Waals surface area contributed by atoms with Crippen LogP contribution >= 0.6 is 0 Å². The zero-order valence-corrected chi connectivity index (χ0v) is 16.7. The van der Waals surface area contributed by atoms with Crippen molar-refractivity contribution in [1.82, 2.24) is 4.98 Å². The van der Waals surface area contributed by atoms with E-state index < -0.39 is 27.2 Å². The van der Waals surface area contributed by atoms with Crippen LogP contribution in [0.3, 0.4) is 0 Å². The maximum atomic E-state index is 12.2. The highest BCUT2D eigenvalue weighted by Gasteiger charge is 2.26. The van der Waals surface area contributed by atoms with Crippen molar-refractivity contribution in [3.8, 4) is 5.75 Å². The van der Waals surface area contributed by atoms with E-state index in [2.05, 4.69) is 9.98 Å². The third-order valence-electron chi connectivity index (χ3n) is 3.77. The van der Waals surface area contributed by atoms with Gasteiger partial charge in [-0.3, -0.25) is 25.2 Å². The van der Waals surface area contributed by atoms with E-state index in [4.69, 9.17) is 16.2 Å². The fourth-order valence-corrected chi connectivity index (χ4v) is 2.40. The SMILES string of the molecule is Cc1cc([N+](=O)[O-])cc([N+](=O)[O-])c1OC(=O)c1ccc(N=C(N)N)cc1.c1ccncc1. The van der Waals surface area contributed by atoms with Crippen LogP contribution in [0.5, 0.6) is 5.75 Å². The van der Waals surface area contributed by atoms with Crippen molar-refractivity contribution in [2.75, 3.05) is 0 Å². The average Bonchev–Trinajstić information content (AvgIpc) is 2.76. The molecule has 1 heterocycles. The first kappa shape index (κ1) is 23.4. The number of nitrogens with zero attached hydrogens (tertiary/aromatic N) is 4. The minimum atomic E-state index is -0.874. The molecule has 3 aromatic rings. The standard InChI is InChI=1S/C15H13N5O6.C5H5N/c1-8-6-11(19(22)23)7-12(20(24)25)13(8)26-14(21)9-2-4-10(5-3-9)18-15(16)17;1-2-4-6-5-3-1/h2-7H,1H3,(H4,16,17,18);1-5H. The van der Waals surface area contributed by atoms with Gasteiger partial charge >= 0.3 is 11.7 Å². The van der Waals surface area contributed by atoms with Crippen LogP contribution in [-0.4, -0.2) is 26.8 Å². The van der Waals surface area contributed by atoms with Crippen molar-refractivity contribution >= 4 is 29.0 Å². The normalized spacial score (nSPS) is 9.66. The van der Waals surface area contributed by atoms with E-state index in [1.54, 1.807) is 12.4 Å². The number of nitro groups is 2. The zero-order valence-electron chi connectivity index (χ0n) is 16.7. The monoisotopic (exact) mass is 438 g/mol. The quantitative estimate of drug-likeness (QED) is 0.150. The molecule has 0 saturated carbocycles. The number of non-ortho nitro benzene ring substituents is 1. The highest BCUT2D eigenvalue weighted by Crippen LogP contribution is 2.35. The lowest BCUT2D eigenvalue weighted by Gasteiger charge is -2.08. The molecule has 0 amide bonds. The Bertz CT molecular complexity index is 1120. The summed E-state index contributed by atoms with van der Waals surface area (Å²) < 4.78 is 5.09. The van der Waals surface area contributed by atoms with Crippen molar-refractivity contribution in [1.29, 1.82) is 0 Å². The third-order valence-corrected chi connectivity index (χ3v) is 3.77. The number of benzene rings is 2. The van der Waals surface area contributed by atoms with Crippen LogP contribution in [0.4, 0.5) is 17.1 Å². The number of pyridine rings is 1. The van der Waals surface area contributed by atoms with Gasteiger partial charge in [0.2, 0.25) is 5.75 Å². The smallest absolute Gasteiger partial charge is 0.343 e. The lowest BCUT2D eigenvalue weighted by Crippen LogP contribution is -2.21. The van der Waals surface area contributed by atoms with Gasteiger partial charge in [-0.1, -0.05) is 6.07 Å². The third kappa shape index (κ3) is 6.59. The summed E-state index contributed by atoms with van der Waals surface area (Å²) in [6.45, 7) is 1.37. The topological polar surface area (TPSA) is 190 Å². The Labute approximate surface area is 181 Å². The molecular formula is C20H18N6O6. The number of aromatic nitrogens is 1. The van der Waals surface area contributed by atoms with Crippen LogP contribution in [0.25, 0.3) is 0 Å². The number of carbonyl (C=O) groups is 1. The fourth-order valence-electron chi connectivity index (χ4n) is 2.40. The van der Waals surface area contributed by atoms with E-state index in [-0.39, 0.29) is 22.8 Å². The second-order valence-electron chi connectivity index (χ2n) is 6.12. The Morgan fingerprint density at radius 2 is 1.62 bits per heavy atom. The fraction of sp³-hybridized carbons (Fsp3) is 0.0500. The number of ether oxygens (including phenoxy) is 1. The highest BCUT2D eigenvalue weighted by molar-refractivity contribution is 5.92. The molecule has 3 rings (SSSR count). The van der Waals surface area contributed by atoms with Crippen molar-refractivity contribution in [3.05, 3.63) is 98.3 Å². The molecule has 0 atom stereocenters. The lowest BCUT2D eigenvalue weighted by molar-refractivity contribution is -0.394. The molecule has 32 heavy (non-hydrogen) atoms. The number of esters is 1. The first-order valence-electron chi connectivity index (χ1n) is 8.89. The van der Waals surface area contributed by atoms with E-state index >= 15 is 0 Å². The van der Waals surface area contributed by atoms with E-state index in [9.17, 15) is 25.0 Å². The largest absolute Gasteiger partial charge is 0.415 e. The summed E-state index contributed by atoms with van der Waals surface area (Å²) in [4.78, 5) is 40.2. The minimum absolute atomic E-state index is 0.0800. The molecule has 0 spiro atoms. The van der Waals surface area contributed by atoms with E-state index in [0.29, 0.717) is 5.69 Å². The number of rotatable bonds is 5. The average molecular weight is 438 g/mol. The number of hydrogen-bond acceptors (Lipinski definition) is 8. The van der Waals surface area contributed by atoms with Gasteiger partial charge in [-0.05, 0) is 43.3 Å². The van der Waals surface area contributed by atoms with Gasteiger partial charge in [-0.15, -0.1) is 0 Å². The van der Waals surface area contributed by atoms with E-state index in [0.717, 1.165) is 12.1 Å². The molecule has 0 radical (unpaired) electrons. The summed E-state index contributed by atoms with van der Waals surface area (Å²) in [6, 6.07) is 13.2. The summed E-state index contributed by atoms with van der Waals surface area (Å²) in [5.74, 6) is -1.39. The molecule has 0 aliphatic rings. The Hall–Kier alpha value is -4.87. The van der Waals surface area contributed by atoms with Crippen LogP contribution in [0.1, 0.15) is 15.9 Å². The minimum Gasteiger partial charge on any atom is -0.415 e. The molecule has 2 aromatic carbocycles. The summed E-state index contributed by atoms with van der Waals surface area (Å²) in [7, 11) is 0. The molecule has 12 heteroatoms. The zero-order chi connectivity index (χ0) is 23.7. The molecule has 0 aliphatic heterocycles. The van der Waals surface area contributed by atoms with Crippen LogP contribution < -0.4 is 16.2 Å². The van der Waals surface area contributed by atoms with Gasteiger partial charge in [0, 0.05) is 24.0 Å². The van der Waals surface area contributed by atoms with Crippen molar-refractivity contribution in [3.63, 3.8) is 0 Å². The molecule has 0 aliphatic carbocycles. The number of guanidine groups is 1. The summed E-state index contributed by atoms with van der Waals surface area (Å²) in [6.07, 6.45) is 3.50. The predicted molar refractivity (Wildman–Crippen MR) is 116 cm³/mol. The number of nitro benzene ring substituents is 2. The van der Waals surface area contributed by atoms with Gasteiger partial charge in [0.05, 0.1) is 27.2 Å². The number of aliphatic imine (C=N–C) groups is 1. The van der Waals surface area contributed by atoms with Gasteiger partial charge in [0.25, 0.3) is 5.69 Å². The van der Waals surface area contributed by atoms with Crippen LogP contribution in [0.15, 0.2) is 72.0 Å². The summed E-state index contributed by atoms with van der Waals surface area (Å²) >= 11 is 0. The maximum absolute atomic E-state index is 12.2. The molecule has 12 nitrogen and oxygen atoms in total. The molecule has 0 unspecified atom stereocenters. The summed E-state index contributed by atoms with van der Waals surface area (Å²) in [5.41, 5.74) is 9.90. The molecule has 1 aromatic heterocycles. The van der Waals surface area contributed by atoms with Crippen LogP contribution in [-0.2, 0) is 0 Å². The van der Waals surface area contributed by atoms with Crippen molar-refractivity contribution < 1.29 is 19.4 Å². The second-order valence-corrected chi connectivity index (χ2v) is 6.12. The second kappa shape index (κ2) is 10.8. The van der Waals surface area contributed by atoms with Crippen molar-refractivity contribution in [2.24, 2.45) is 16.5 Å². The molecule has 0 bridgehead atoms. The van der Waals surface area contributed by atoms with Crippen molar-refractivity contribution in [2.45, 2.75) is 6.92 Å². The predicted octanol–water partition coefficient (Wildman–Crippen LogP) is 3.02. The molecule has 0 fully saturated rings. The first-order valence-corrected chi connectivity index (χ1v) is 8.89. The van der Waals surface area contributed by atoms with E-state index in [1.807, 2.05) is 18.2 Å². The van der Waals surface area contributed by atoms with Gasteiger partial charge < -0.3 is 16.2 Å². The highest BCUT2D eigenvalue weighted by atomic mass is 16.6. The van der Waals surface area contributed by atoms with Gasteiger partial charge in [0.15, 0.2) is 5.96 Å². The van der Waals surface area contributed by atoms with E-state index in [1.165, 1.54) is 31.2 Å². The number of carbonyl (C=O) groups excluding carboxylic acids is 1. The molecule has 164 valence electrons.